The summed E-state index contributed by atoms with van der Waals surface area (Å²) < 4.78 is 5.11. The second-order valence-corrected chi connectivity index (χ2v) is 9.41. The zero-order chi connectivity index (χ0) is 25.7. The summed E-state index contributed by atoms with van der Waals surface area (Å²) in [6, 6.07) is 19.9. The summed E-state index contributed by atoms with van der Waals surface area (Å²) in [4.78, 5) is 41.8. The first-order valence-corrected chi connectivity index (χ1v) is 12.1. The number of amidine groups is 1. The van der Waals surface area contributed by atoms with Crippen molar-refractivity contribution in [2.24, 2.45) is 4.99 Å². The smallest absolute Gasteiger partial charge is 0.338 e. The van der Waals surface area contributed by atoms with Crippen LogP contribution in [0.15, 0.2) is 76.6 Å². The molecule has 0 saturated carbocycles. The highest BCUT2D eigenvalue weighted by molar-refractivity contribution is 8.18. The highest BCUT2D eigenvalue weighted by Gasteiger charge is 2.24. The number of aliphatic imine (C=N–C) groups is 1. The zero-order valence-electron chi connectivity index (χ0n) is 20.1. The van der Waals surface area contributed by atoms with Gasteiger partial charge in [0, 0.05) is 5.69 Å². The van der Waals surface area contributed by atoms with Crippen LogP contribution in [0.25, 0.3) is 6.08 Å². The van der Waals surface area contributed by atoms with E-state index in [1.165, 1.54) is 11.8 Å². The second-order valence-electron chi connectivity index (χ2n) is 8.38. The largest absolute Gasteiger partial charge is 0.452 e. The van der Waals surface area contributed by atoms with Crippen LogP contribution in [0.4, 0.5) is 11.4 Å². The first kappa shape index (κ1) is 24.9. The number of esters is 1. The number of amides is 2. The van der Waals surface area contributed by atoms with Gasteiger partial charge in [-0.25, -0.2) is 9.79 Å². The van der Waals surface area contributed by atoms with E-state index in [0.717, 1.165) is 27.9 Å². The van der Waals surface area contributed by atoms with Crippen molar-refractivity contribution in [3.63, 3.8) is 0 Å². The van der Waals surface area contributed by atoms with Crippen LogP contribution in [0.2, 0.25) is 0 Å². The van der Waals surface area contributed by atoms with Crippen LogP contribution >= 0.6 is 11.8 Å². The lowest BCUT2D eigenvalue weighted by Crippen LogP contribution is -2.20. The van der Waals surface area contributed by atoms with Gasteiger partial charge in [0.2, 0.25) is 0 Å². The molecule has 36 heavy (non-hydrogen) atoms. The molecule has 3 aromatic rings. The number of hydrogen-bond acceptors (Lipinski definition) is 6. The van der Waals surface area contributed by atoms with Gasteiger partial charge in [-0.1, -0.05) is 47.5 Å². The Bertz CT molecular complexity index is 1380. The number of anilines is 1. The molecule has 0 spiro atoms. The minimum absolute atomic E-state index is 0.230. The number of ether oxygens (including phenoxy) is 1. The highest BCUT2D eigenvalue weighted by atomic mass is 32.2. The molecule has 2 amide bonds. The molecule has 1 aliphatic rings. The van der Waals surface area contributed by atoms with Gasteiger partial charge in [0.1, 0.15) is 0 Å². The molecule has 1 heterocycles. The summed E-state index contributed by atoms with van der Waals surface area (Å²) in [6.45, 7) is 5.56. The molecular formula is C28H25N3O4S. The molecule has 0 bridgehead atoms. The lowest BCUT2D eigenvalue weighted by atomic mass is 10.1. The number of hydrogen-bond donors (Lipinski definition) is 2. The van der Waals surface area contributed by atoms with Crippen LogP contribution in [-0.4, -0.2) is 29.6 Å². The number of nitrogens with one attached hydrogen (secondary N) is 2. The molecule has 1 aliphatic heterocycles. The van der Waals surface area contributed by atoms with Gasteiger partial charge in [-0.3, -0.25) is 9.59 Å². The molecule has 7 nitrogen and oxygen atoms in total. The number of rotatable bonds is 6. The summed E-state index contributed by atoms with van der Waals surface area (Å²) in [5.74, 6) is -1.26. The fourth-order valence-electron chi connectivity index (χ4n) is 3.44. The third-order valence-electron chi connectivity index (χ3n) is 5.34. The highest BCUT2D eigenvalue weighted by Crippen LogP contribution is 2.29. The standard InChI is InChI=1S/C28H25N3O4S/c1-17-4-11-22(12-5-17)29-25(32)16-35-27(34)21-9-7-20(8-10-21)15-24-26(33)31-28(36-24)30-23-13-6-18(2)14-19(23)3/h4-15H,16H2,1-3H3,(H,29,32)(H,30,31,33)/b24-15+. The van der Waals surface area contributed by atoms with Crippen LogP contribution in [0.1, 0.15) is 32.6 Å². The molecule has 3 aromatic carbocycles. The van der Waals surface area contributed by atoms with Crippen molar-refractivity contribution in [1.82, 2.24) is 5.32 Å². The Hall–Kier alpha value is -4.17. The Balaban J connectivity index is 1.34. The van der Waals surface area contributed by atoms with E-state index in [2.05, 4.69) is 15.6 Å². The maximum absolute atomic E-state index is 12.4. The molecule has 182 valence electrons. The molecule has 1 saturated heterocycles. The molecule has 0 atom stereocenters. The van der Waals surface area contributed by atoms with Gasteiger partial charge >= 0.3 is 5.97 Å². The van der Waals surface area contributed by atoms with Gasteiger partial charge in [-0.15, -0.1) is 0 Å². The third-order valence-corrected chi connectivity index (χ3v) is 6.25. The lowest BCUT2D eigenvalue weighted by molar-refractivity contribution is -0.119. The summed E-state index contributed by atoms with van der Waals surface area (Å²) in [5.41, 5.74) is 5.75. The molecule has 0 unspecified atom stereocenters. The van der Waals surface area contributed by atoms with E-state index in [1.807, 2.05) is 51.1 Å². The Labute approximate surface area is 213 Å². The van der Waals surface area contributed by atoms with Crippen LogP contribution < -0.4 is 10.6 Å². The molecule has 8 heteroatoms. The number of thioether (sulfide) groups is 1. The van der Waals surface area contributed by atoms with E-state index >= 15 is 0 Å². The predicted molar refractivity (Wildman–Crippen MR) is 143 cm³/mol. The van der Waals surface area contributed by atoms with Crippen molar-refractivity contribution in [3.05, 3.63) is 99.5 Å². The van der Waals surface area contributed by atoms with Gasteiger partial charge in [-0.05, 0) is 80.1 Å². The topological polar surface area (TPSA) is 96.9 Å². The Morgan fingerprint density at radius 1 is 0.972 bits per heavy atom. The first-order chi connectivity index (χ1) is 17.3. The molecule has 0 radical (unpaired) electrons. The molecular weight excluding hydrogens is 474 g/mol. The summed E-state index contributed by atoms with van der Waals surface area (Å²) in [7, 11) is 0. The second kappa shape index (κ2) is 11.0. The van der Waals surface area contributed by atoms with Crippen LogP contribution in [0, 0.1) is 20.8 Å². The number of carbonyl (C=O) groups is 3. The first-order valence-electron chi connectivity index (χ1n) is 11.3. The number of aryl methyl sites for hydroxylation is 3. The van der Waals surface area contributed by atoms with E-state index in [0.29, 0.717) is 21.3 Å². The van der Waals surface area contributed by atoms with E-state index in [1.54, 1.807) is 42.5 Å². The minimum atomic E-state index is -0.607. The fraction of sp³-hybridized carbons (Fsp3) is 0.143. The summed E-state index contributed by atoms with van der Waals surface area (Å²) in [6.07, 6.45) is 1.73. The van der Waals surface area contributed by atoms with Gasteiger partial charge in [0.05, 0.1) is 16.2 Å². The maximum Gasteiger partial charge on any atom is 0.338 e. The van der Waals surface area contributed by atoms with Crippen LogP contribution in [-0.2, 0) is 14.3 Å². The normalized spacial score (nSPS) is 15.1. The number of carbonyl (C=O) groups excluding carboxylic acids is 3. The van der Waals surface area contributed by atoms with Gasteiger partial charge < -0.3 is 15.4 Å². The Kier molecular flexibility index (Phi) is 7.65. The SMILES string of the molecule is Cc1ccc(NC(=O)COC(=O)c2ccc(/C=C3/SC(=Nc4ccc(C)cc4C)NC3=O)cc2)cc1. The van der Waals surface area contributed by atoms with Crippen molar-refractivity contribution in [1.29, 1.82) is 0 Å². The lowest BCUT2D eigenvalue weighted by Gasteiger charge is -2.07. The van der Waals surface area contributed by atoms with E-state index in [9.17, 15) is 14.4 Å². The van der Waals surface area contributed by atoms with E-state index in [-0.39, 0.29) is 5.91 Å². The summed E-state index contributed by atoms with van der Waals surface area (Å²) in [5, 5.41) is 5.98. The van der Waals surface area contributed by atoms with Gasteiger partial charge in [-0.2, -0.15) is 0 Å². The molecule has 1 fully saturated rings. The molecule has 2 N–H and O–H groups in total. The summed E-state index contributed by atoms with van der Waals surface area (Å²) >= 11 is 1.26. The fourth-order valence-corrected chi connectivity index (χ4v) is 4.27. The van der Waals surface area contributed by atoms with E-state index < -0.39 is 18.5 Å². The monoisotopic (exact) mass is 499 g/mol. The minimum Gasteiger partial charge on any atom is -0.452 e. The third kappa shape index (κ3) is 6.49. The average Bonchev–Trinajstić information content (AvgIpc) is 3.19. The maximum atomic E-state index is 12.4. The average molecular weight is 500 g/mol. The van der Waals surface area contributed by atoms with Crippen molar-refractivity contribution in [2.45, 2.75) is 20.8 Å². The van der Waals surface area contributed by atoms with Crippen molar-refractivity contribution < 1.29 is 19.1 Å². The Morgan fingerprint density at radius 3 is 2.36 bits per heavy atom. The Morgan fingerprint density at radius 2 is 1.67 bits per heavy atom. The predicted octanol–water partition coefficient (Wildman–Crippen LogP) is 5.30. The van der Waals surface area contributed by atoms with E-state index in [4.69, 9.17) is 4.74 Å². The van der Waals surface area contributed by atoms with Crippen LogP contribution in [0.3, 0.4) is 0 Å². The molecule has 0 aromatic heterocycles. The van der Waals surface area contributed by atoms with Gasteiger partial charge in [0.15, 0.2) is 11.8 Å². The molecule has 4 rings (SSSR count). The van der Waals surface area contributed by atoms with Crippen molar-refractivity contribution in [3.8, 4) is 0 Å². The van der Waals surface area contributed by atoms with Gasteiger partial charge in [0.25, 0.3) is 11.8 Å². The van der Waals surface area contributed by atoms with Crippen LogP contribution in [0.5, 0.6) is 0 Å². The zero-order valence-corrected chi connectivity index (χ0v) is 20.9. The molecule has 0 aliphatic carbocycles. The number of benzene rings is 3. The quantitative estimate of drug-likeness (QED) is 0.354. The van der Waals surface area contributed by atoms with Crippen molar-refractivity contribution >= 4 is 52.2 Å². The number of nitrogens with zero attached hydrogens (tertiary/aromatic N) is 1. The van der Waals surface area contributed by atoms with Crippen molar-refractivity contribution in [2.75, 3.05) is 11.9 Å².